The van der Waals surface area contributed by atoms with E-state index in [1.54, 1.807) is 38.2 Å². The number of aromatic nitrogens is 4. The Hall–Kier alpha value is -3.75. The van der Waals surface area contributed by atoms with Crippen molar-refractivity contribution in [2.45, 2.75) is 26.2 Å². The second-order valence-corrected chi connectivity index (χ2v) is 7.41. The van der Waals surface area contributed by atoms with Crippen molar-refractivity contribution in [2.24, 2.45) is 13.0 Å². The van der Waals surface area contributed by atoms with Crippen molar-refractivity contribution in [2.75, 3.05) is 17.7 Å². The zero-order valence-corrected chi connectivity index (χ0v) is 17.7. The molecule has 1 saturated carbocycles. The Morgan fingerprint density at radius 1 is 1.23 bits per heavy atom. The quantitative estimate of drug-likeness (QED) is 0.536. The Labute approximate surface area is 179 Å². The number of methoxy groups -OCH3 is 1. The number of carbonyl (C=O) groups is 2. The van der Waals surface area contributed by atoms with Crippen LogP contribution in [0.3, 0.4) is 0 Å². The van der Waals surface area contributed by atoms with Gasteiger partial charge in [0.25, 0.3) is 0 Å². The normalized spacial score (nSPS) is 13.0. The highest BCUT2D eigenvalue weighted by atomic mass is 16.5. The average Bonchev–Trinajstić information content (AvgIpc) is 3.54. The number of Topliss-reactive ketones (excluding diaryl/α,β-unsaturated/α-hetero) is 1. The minimum Gasteiger partial charge on any atom is -0.494 e. The van der Waals surface area contributed by atoms with Gasteiger partial charge in [-0.1, -0.05) is 13.0 Å². The molecular weight excluding hydrogens is 396 g/mol. The lowest BCUT2D eigenvalue weighted by molar-refractivity contribution is -0.115. The highest BCUT2D eigenvalue weighted by molar-refractivity contribution is 6.05. The fraction of sp³-hybridized carbons (Fsp3) is 0.318. The predicted octanol–water partition coefficient (Wildman–Crippen LogP) is 3.57. The first-order chi connectivity index (χ1) is 15.0. The molecule has 1 amide bonds. The first-order valence-corrected chi connectivity index (χ1v) is 10.1. The van der Waals surface area contributed by atoms with Crippen LogP contribution in [-0.4, -0.2) is 38.5 Å². The number of amides is 1. The molecule has 1 aromatic carbocycles. The number of hydrogen-bond acceptors (Lipinski definition) is 7. The van der Waals surface area contributed by atoms with Crippen LogP contribution in [0.4, 0.5) is 17.2 Å². The van der Waals surface area contributed by atoms with Gasteiger partial charge in [0.1, 0.15) is 12.1 Å². The zero-order chi connectivity index (χ0) is 22.0. The van der Waals surface area contributed by atoms with Crippen molar-refractivity contribution in [1.29, 1.82) is 0 Å². The fourth-order valence-corrected chi connectivity index (χ4v) is 3.26. The number of rotatable bonds is 8. The van der Waals surface area contributed by atoms with E-state index >= 15 is 0 Å². The summed E-state index contributed by atoms with van der Waals surface area (Å²) in [5.41, 5.74) is 2.41. The van der Waals surface area contributed by atoms with Crippen molar-refractivity contribution in [1.82, 2.24) is 19.7 Å². The maximum absolute atomic E-state index is 12.8. The van der Waals surface area contributed by atoms with Gasteiger partial charge in [-0.2, -0.15) is 5.10 Å². The Balaban J connectivity index is 1.74. The van der Waals surface area contributed by atoms with Crippen LogP contribution >= 0.6 is 0 Å². The molecule has 2 N–H and O–H groups in total. The summed E-state index contributed by atoms with van der Waals surface area (Å²) in [5.74, 6) is 1.38. The molecule has 1 aliphatic rings. The van der Waals surface area contributed by atoms with Crippen molar-refractivity contribution in [3.05, 3.63) is 42.4 Å². The van der Waals surface area contributed by atoms with Gasteiger partial charge in [0.2, 0.25) is 5.91 Å². The number of hydrogen-bond donors (Lipinski definition) is 2. The van der Waals surface area contributed by atoms with Crippen LogP contribution in [0, 0.1) is 5.92 Å². The van der Waals surface area contributed by atoms with Gasteiger partial charge in [0.05, 0.1) is 29.6 Å². The van der Waals surface area contributed by atoms with Gasteiger partial charge in [-0.3, -0.25) is 14.3 Å². The largest absolute Gasteiger partial charge is 0.494 e. The van der Waals surface area contributed by atoms with Crippen LogP contribution in [0.25, 0.3) is 11.4 Å². The highest BCUT2D eigenvalue weighted by Crippen LogP contribution is 2.39. The molecule has 0 aliphatic heterocycles. The van der Waals surface area contributed by atoms with E-state index in [-0.39, 0.29) is 17.6 Å². The second-order valence-electron chi connectivity index (χ2n) is 7.41. The number of aryl methyl sites for hydroxylation is 1. The second kappa shape index (κ2) is 8.55. The fourth-order valence-electron chi connectivity index (χ4n) is 3.26. The molecule has 0 bridgehead atoms. The molecule has 160 valence electrons. The van der Waals surface area contributed by atoms with E-state index in [4.69, 9.17) is 4.74 Å². The molecule has 1 aliphatic carbocycles. The van der Waals surface area contributed by atoms with Crippen LogP contribution < -0.4 is 15.4 Å². The molecule has 9 heteroatoms. The van der Waals surface area contributed by atoms with Gasteiger partial charge >= 0.3 is 0 Å². The highest BCUT2D eigenvalue weighted by Gasteiger charge is 2.32. The Morgan fingerprint density at radius 3 is 2.68 bits per heavy atom. The lowest BCUT2D eigenvalue weighted by atomic mass is 10.1. The molecule has 0 unspecified atom stereocenters. The minimum atomic E-state index is -0.152. The molecule has 2 aromatic heterocycles. The summed E-state index contributed by atoms with van der Waals surface area (Å²) in [6.45, 7) is 1.77. The van der Waals surface area contributed by atoms with Crippen molar-refractivity contribution in [3.8, 4) is 17.1 Å². The Bertz CT molecular complexity index is 1140. The molecular formula is C22H24N6O3. The number of anilines is 3. The van der Waals surface area contributed by atoms with Gasteiger partial charge in [-0.15, -0.1) is 0 Å². The lowest BCUT2D eigenvalue weighted by Gasteiger charge is -2.17. The molecule has 4 rings (SSSR count). The van der Waals surface area contributed by atoms with Crippen molar-refractivity contribution < 1.29 is 14.3 Å². The zero-order valence-electron chi connectivity index (χ0n) is 17.7. The number of ketones is 1. The van der Waals surface area contributed by atoms with Crippen molar-refractivity contribution >= 4 is 28.9 Å². The van der Waals surface area contributed by atoms with Gasteiger partial charge < -0.3 is 15.4 Å². The van der Waals surface area contributed by atoms with E-state index in [2.05, 4.69) is 25.7 Å². The minimum absolute atomic E-state index is 0.0318. The number of nitrogens with one attached hydrogen (secondary N) is 2. The summed E-state index contributed by atoms with van der Waals surface area (Å²) < 4.78 is 7.28. The number of carbonyl (C=O) groups excluding carboxylic acids is 2. The van der Waals surface area contributed by atoms with E-state index < -0.39 is 0 Å². The van der Waals surface area contributed by atoms with Crippen LogP contribution in [0.15, 0.2) is 36.8 Å². The first kappa shape index (κ1) is 20.5. The molecule has 1 fully saturated rings. The molecule has 2 heterocycles. The van der Waals surface area contributed by atoms with Crippen LogP contribution in [0.2, 0.25) is 0 Å². The summed E-state index contributed by atoms with van der Waals surface area (Å²) in [6, 6.07) is 7.25. The topological polar surface area (TPSA) is 111 Å². The van der Waals surface area contributed by atoms with Gasteiger partial charge in [-0.05, 0) is 25.0 Å². The van der Waals surface area contributed by atoms with Gasteiger partial charge in [-0.25, -0.2) is 9.97 Å². The summed E-state index contributed by atoms with van der Waals surface area (Å²) in [7, 11) is 3.37. The molecule has 0 radical (unpaired) electrons. The molecule has 9 nitrogen and oxygen atoms in total. The van der Waals surface area contributed by atoms with E-state index in [0.717, 1.165) is 18.4 Å². The predicted molar refractivity (Wildman–Crippen MR) is 116 cm³/mol. The van der Waals surface area contributed by atoms with Crippen LogP contribution in [0.5, 0.6) is 5.75 Å². The SMILES string of the molecule is CCC(=O)Nc1cc(Nc2cccc(-c3ncn(C)n3)c2OC)c(C(=O)C2CC2)cn1. The molecule has 0 saturated heterocycles. The lowest BCUT2D eigenvalue weighted by Crippen LogP contribution is -2.13. The molecule has 0 atom stereocenters. The third kappa shape index (κ3) is 4.40. The van der Waals surface area contributed by atoms with E-state index in [9.17, 15) is 9.59 Å². The molecule has 0 spiro atoms. The Kier molecular flexibility index (Phi) is 5.66. The average molecular weight is 420 g/mol. The number of nitrogens with zero attached hydrogens (tertiary/aromatic N) is 4. The maximum atomic E-state index is 12.8. The summed E-state index contributed by atoms with van der Waals surface area (Å²) >= 11 is 0. The third-order valence-corrected chi connectivity index (χ3v) is 5.04. The van der Waals surface area contributed by atoms with Crippen molar-refractivity contribution in [3.63, 3.8) is 0 Å². The van der Waals surface area contributed by atoms with E-state index in [0.29, 0.717) is 40.8 Å². The molecule has 3 aromatic rings. The van der Waals surface area contributed by atoms with E-state index in [1.807, 2.05) is 18.2 Å². The number of para-hydroxylation sites is 1. The standard InChI is InChI=1S/C22H24N6O3/c1-4-19(29)26-18-10-17(15(11-23-18)20(30)13-8-9-13)25-16-7-5-6-14(21(16)31-3)22-24-12-28(2)27-22/h5-7,10-13H,4,8-9H2,1-3H3,(H2,23,25,26,29). The van der Waals surface area contributed by atoms with Crippen LogP contribution in [0.1, 0.15) is 36.5 Å². The smallest absolute Gasteiger partial charge is 0.225 e. The monoisotopic (exact) mass is 420 g/mol. The Morgan fingerprint density at radius 2 is 2.03 bits per heavy atom. The summed E-state index contributed by atoms with van der Waals surface area (Å²) in [4.78, 5) is 33.2. The number of pyridine rings is 1. The summed E-state index contributed by atoms with van der Waals surface area (Å²) in [5, 5.41) is 10.4. The van der Waals surface area contributed by atoms with Gasteiger partial charge in [0.15, 0.2) is 17.4 Å². The summed E-state index contributed by atoms with van der Waals surface area (Å²) in [6.07, 6.45) is 5.24. The first-order valence-electron chi connectivity index (χ1n) is 10.1. The van der Waals surface area contributed by atoms with E-state index in [1.165, 1.54) is 6.20 Å². The maximum Gasteiger partial charge on any atom is 0.225 e. The van der Waals surface area contributed by atoms with Gasteiger partial charge in [0, 0.05) is 31.6 Å². The van der Waals surface area contributed by atoms with Crippen LogP contribution in [-0.2, 0) is 11.8 Å². The number of benzene rings is 1. The number of ether oxygens (including phenoxy) is 1. The molecule has 31 heavy (non-hydrogen) atoms. The third-order valence-electron chi connectivity index (χ3n) is 5.04.